The van der Waals surface area contributed by atoms with E-state index in [4.69, 9.17) is 9.84 Å². The number of nitrogens with zero attached hydrogens (tertiary/aromatic N) is 1. The highest BCUT2D eigenvalue weighted by molar-refractivity contribution is 5.75. The number of carbonyl (C=O) groups is 2. The average Bonchev–Trinajstić information content (AvgIpc) is 2.14. The lowest BCUT2D eigenvalue weighted by atomic mass is 9.97. The van der Waals surface area contributed by atoms with E-state index >= 15 is 0 Å². The van der Waals surface area contributed by atoms with Crippen LogP contribution in [-0.2, 0) is 9.53 Å². The average molecular weight is 241 g/mol. The van der Waals surface area contributed by atoms with Crippen molar-refractivity contribution >= 4 is 12.1 Å². The standard InChI is InChI=1S/C12H19NO4/c1-8-5-9(7-13(6-8)11(15)16)17-10(14)12(2,3)4/h5,9H,6-7H2,1-4H3,(H,15,16). The van der Waals surface area contributed by atoms with Gasteiger partial charge in [0.25, 0.3) is 0 Å². The van der Waals surface area contributed by atoms with Crippen molar-refractivity contribution in [2.75, 3.05) is 13.1 Å². The minimum absolute atomic E-state index is 0.203. The van der Waals surface area contributed by atoms with Crippen LogP contribution in [-0.4, -0.2) is 41.3 Å². The van der Waals surface area contributed by atoms with Crippen LogP contribution < -0.4 is 0 Å². The van der Waals surface area contributed by atoms with E-state index < -0.39 is 17.6 Å². The molecule has 1 N–H and O–H groups in total. The number of hydrogen-bond donors (Lipinski definition) is 1. The molecule has 1 rings (SSSR count). The molecule has 0 saturated carbocycles. The maximum absolute atomic E-state index is 11.7. The zero-order valence-electron chi connectivity index (χ0n) is 10.7. The third-order valence-corrected chi connectivity index (χ3v) is 2.45. The van der Waals surface area contributed by atoms with Gasteiger partial charge < -0.3 is 14.7 Å². The number of carbonyl (C=O) groups excluding carboxylic acids is 1. The normalized spacial score (nSPS) is 20.8. The van der Waals surface area contributed by atoms with E-state index in [-0.39, 0.29) is 12.5 Å². The molecule has 0 fully saturated rings. The first-order valence-corrected chi connectivity index (χ1v) is 5.56. The summed E-state index contributed by atoms with van der Waals surface area (Å²) in [6.45, 7) is 7.71. The van der Waals surface area contributed by atoms with Crippen molar-refractivity contribution < 1.29 is 19.4 Å². The molecule has 1 amide bonds. The lowest BCUT2D eigenvalue weighted by molar-refractivity contribution is -0.157. The molecule has 5 heteroatoms. The molecule has 0 bridgehead atoms. The lowest BCUT2D eigenvalue weighted by Crippen LogP contribution is -2.43. The summed E-state index contributed by atoms with van der Waals surface area (Å²) in [5, 5.41) is 8.93. The highest BCUT2D eigenvalue weighted by atomic mass is 16.5. The summed E-state index contributed by atoms with van der Waals surface area (Å²) in [6.07, 6.45) is 0.337. The maximum atomic E-state index is 11.7. The first kappa shape index (κ1) is 13.5. The van der Waals surface area contributed by atoms with Gasteiger partial charge in [-0.15, -0.1) is 0 Å². The van der Waals surface area contributed by atoms with Gasteiger partial charge in [-0.3, -0.25) is 4.79 Å². The van der Waals surface area contributed by atoms with E-state index in [1.807, 2.05) is 13.0 Å². The van der Waals surface area contributed by atoms with E-state index in [9.17, 15) is 9.59 Å². The van der Waals surface area contributed by atoms with Crippen LogP contribution in [0.3, 0.4) is 0 Å². The van der Waals surface area contributed by atoms with Crippen LogP contribution in [0.1, 0.15) is 27.7 Å². The molecule has 1 atom stereocenters. The molecule has 1 heterocycles. The van der Waals surface area contributed by atoms with Crippen LogP contribution in [0.25, 0.3) is 0 Å². The van der Waals surface area contributed by atoms with Crippen LogP contribution in [0.2, 0.25) is 0 Å². The molecular formula is C12H19NO4. The van der Waals surface area contributed by atoms with Crippen molar-refractivity contribution in [2.24, 2.45) is 5.41 Å². The Balaban J connectivity index is 2.69. The van der Waals surface area contributed by atoms with Crippen molar-refractivity contribution in [3.63, 3.8) is 0 Å². The second kappa shape index (κ2) is 4.77. The number of hydrogen-bond acceptors (Lipinski definition) is 3. The maximum Gasteiger partial charge on any atom is 0.407 e. The molecule has 0 saturated heterocycles. The third-order valence-electron chi connectivity index (χ3n) is 2.45. The molecule has 5 nitrogen and oxygen atoms in total. The predicted molar refractivity (Wildman–Crippen MR) is 62.7 cm³/mol. The summed E-state index contributed by atoms with van der Waals surface area (Å²) in [7, 11) is 0. The van der Waals surface area contributed by atoms with Gasteiger partial charge in [-0.1, -0.05) is 5.57 Å². The van der Waals surface area contributed by atoms with E-state index in [2.05, 4.69) is 0 Å². The fourth-order valence-electron chi connectivity index (χ4n) is 1.54. The number of rotatable bonds is 1. The van der Waals surface area contributed by atoms with Crippen molar-refractivity contribution in [2.45, 2.75) is 33.8 Å². The summed E-state index contributed by atoms with van der Waals surface area (Å²) in [5.74, 6) is -0.321. The molecule has 0 aromatic heterocycles. The van der Waals surface area contributed by atoms with Gasteiger partial charge in [0.2, 0.25) is 0 Å². The Morgan fingerprint density at radius 3 is 2.53 bits per heavy atom. The number of ether oxygens (including phenoxy) is 1. The second-order valence-corrected chi connectivity index (χ2v) is 5.37. The van der Waals surface area contributed by atoms with Crippen LogP contribution >= 0.6 is 0 Å². The molecule has 0 radical (unpaired) electrons. The summed E-state index contributed by atoms with van der Waals surface area (Å²) in [6, 6.07) is 0. The molecule has 17 heavy (non-hydrogen) atoms. The molecule has 0 aromatic rings. The predicted octanol–water partition coefficient (Wildman–Crippen LogP) is 1.88. The largest absolute Gasteiger partial charge is 0.465 e. The molecule has 1 aliphatic heterocycles. The molecule has 0 aliphatic carbocycles. The SMILES string of the molecule is CC1=CC(OC(=O)C(C)(C)C)CN(C(=O)O)C1. The monoisotopic (exact) mass is 241 g/mol. The van der Waals surface area contributed by atoms with E-state index in [0.29, 0.717) is 6.54 Å². The highest BCUT2D eigenvalue weighted by Gasteiger charge is 2.29. The summed E-state index contributed by atoms with van der Waals surface area (Å²) < 4.78 is 5.29. The Hall–Kier alpha value is -1.52. The quantitative estimate of drug-likeness (QED) is 0.562. The lowest BCUT2D eigenvalue weighted by Gasteiger charge is -2.30. The van der Waals surface area contributed by atoms with Crippen LogP contribution in [0.5, 0.6) is 0 Å². The first-order chi connectivity index (χ1) is 7.70. The first-order valence-electron chi connectivity index (χ1n) is 5.56. The molecule has 1 aliphatic rings. The molecule has 0 spiro atoms. The third kappa shape index (κ3) is 3.76. The van der Waals surface area contributed by atoms with Gasteiger partial charge in [0, 0.05) is 6.54 Å². The zero-order chi connectivity index (χ0) is 13.2. The fourth-order valence-corrected chi connectivity index (χ4v) is 1.54. The molecular weight excluding hydrogens is 222 g/mol. The van der Waals surface area contributed by atoms with Crippen molar-refractivity contribution in [3.8, 4) is 0 Å². The number of carboxylic acid groups (broad SMARTS) is 1. The highest BCUT2D eigenvalue weighted by Crippen LogP contribution is 2.19. The number of amides is 1. The Labute approximate surface area is 101 Å². The minimum Gasteiger partial charge on any atom is -0.465 e. The van der Waals surface area contributed by atoms with Gasteiger partial charge in [0.15, 0.2) is 0 Å². The smallest absolute Gasteiger partial charge is 0.407 e. The minimum atomic E-state index is -0.991. The van der Waals surface area contributed by atoms with E-state index in [1.165, 1.54) is 4.90 Å². The fraction of sp³-hybridized carbons (Fsp3) is 0.667. The van der Waals surface area contributed by atoms with Crippen LogP contribution in [0, 0.1) is 5.41 Å². The van der Waals surface area contributed by atoms with Crippen LogP contribution in [0.4, 0.5) is 4.79 Å². The number of esters is 1. The van der Waals surface area contributed by atoms with Crippen LogP contribution in [0.15, 0.2) is 11.6 Å². The van der Waals surface area contributed by atoms with Gasteiger partial charge in [-0.05, 0) is 33.8 Å². The topological polar surface area (TPSA) is 66.8 Å². The second-order valence-electron chi connectivity index (χ2n) is 5.37. The van der Waals surface area contributed by atoms with Gasteiger partial charge in [-0.2, -0.15) is 0 Å². The van der Waals surface area contributed by atoms with E-state index in [0.717, 1.165) is 5.57 Å². The molecule has 0 aromatic carbocycles. The van der Waals surface area contributed by atoms with Gasteiger partial charge in [-0.25, -0.2) is 4.79 Å². The summed E-state index contributed by atoms with van der Waals surface area (Å²) >= 11 is 0. The Morgan fingerprint density at radius 2 is 2.06 bits per heavy atom. The van der Waals surface area contributed by atoms with Gasteiger partial charge in [0.1, 0.15) is 6.10 Å². The van der Waals surface area contributed by atoms with Crippen molar-refractivity contribution in [1.82, 2.24) is 4.90 Å². The zero-order valence-corrected chi connectivity index (χ0v) is 10.7. The Morgan fingerprint density at radius 1 is 1.47 bits per heavy atom. The van der Waals surface area contributed by atoms with E-state index in [1.54, 1.807) is 20.8 Å². The summed E-state index contributed by atoms with van der Waals surface area (Å²) in [4.78, 5) is 23.8. The molecule has 96 valence electrons. The van der Waals surface area contributed by atoms with Crippen molar-refractivity contribution in [1.29, 1.82) is 0 Å². The van der Waals surface area contributed by atoms with Gasteiger partial charge >= 0.3 is 12.1 Å². The van der Waals surface area contributed by atoms with Gasteiger partial charge in [0.05, 0.1) is 12.0 Å². The Bertz CT molecular complexity index is 354. The molecule has 1 unspecified atom stereocenters. The summed E-state index contributed by atoms with van der Waals surface area (Å²) in [5.41, 5.74) is 0.318. The van der Waals surface area contributed by atoms with Crippen molar-refractivity contribution in [3.05, 3.63) is 11.6 Å². The Kier molecular flexibility index (Phi) is 3.80.